The van der Waals surface area contributed by atoms with Gasteiger partial charge in [0.15, 0.2) is 0 Å². The molecule has 2 rings (SSSR count). The average molecular weight is 247 g/mol. The Morgan fingerprint density at radius 2 is 2.06 bits per heavy atom. The largest absolute Gasteiger partial charge is 0.449 e. The van der Waals surface area contributed by atoms with Crippen LogP contribution < -0.4 is 4.74 Å². The van der Waals surface area contributed by atoms with Gasteiger partial charge in [-0.25, -0.2) is 4.79 Å². The molecule has 0 saturated carbocycles. The van der Waals surface area contributed by atoms with Gasteiger partial charge in [0.1, 0.15) is 5.75 Å². The van der Waals surface area contributed by atoms with Crippen LogP contribution in [0.15, 0.2) is 30.5 Å². The van der Waals surface area contributed by atoms with E-state index in [1.165, 1.54) is 11.5 Å². The third-order valence-corrected chi connectivity index (χ3v) is 2.39. The van der Waals surface area contributed by atoms with Gasteiger partial charge in [-0.05, 0) is 31.2 Å². The highest BCUT2D eigenvalue weighted by molar-refractivity contribution is 5.90. The van der Waals surface area contributed by atoms with Crippen molar-refractivity contribution in [1.29, 1.82) is 0 Å². The highest BCUT2D eigenvalue weighted by Gasteiger charge is 2.10. The van der Waals surface area contributed by atoms with Crippen molar-refractivity contribution in [2.24, 2.45) is 0 Å². The molecule has 18 heavy (non-hydrogen) atoms. The van der Waals surface area contributed by atoms with Crippen LogP contribution in [0.1, 0.15) is 13.8 Å². The van der Waals surface area contributed by atoms with Crippen molar-refractivity contribution in [3.63, 3.8) is 0 Å². The van der Waals surface area contributed by atoms with Gasteiger partial charge in [-0.3, -0.25) is 9.36 Å². The van der Waals surface area contributed by atoms with Gasteiger partial charge in [-0.15, -0.1) is 0 Å². The van der Waals surface area contributed by atoms with E-state index < -0.39 is 6.09 Å². The smallest absolute Gasteiger partial charge is 0.418 e. The van der Waals surface area contributed by atoms with Gasteiger partial charge >= 0.3 is 12.1 Å². The van der Waals surface area contributed by atoms with Crippen molar-refractivity contribution in [2.75, 3.05) is 6.61 Å². The number of hydrogen-bond donors (Lipinski definition) is 0. The summed E-state index contributed by atoms with van der Waals surface area (Å²) in [6, 6.07) is 6.82. The fourth-order valence-electron chi connectivity index (χ4n) is 1.70. The number of carbonyl (C=O) groups excluding carboxylic acids is 2. The van der Waals surface area contributed by atoms with Gasteiger partial charge in [-0.1, -0.05) is 0 Å². The van der Waals surface area contributed by atoms with Gasteiger partial charge in [0.05, 0.1) is 12.1 Å². The predicted molar refractivity (Wildman–Crippen MR) is 65.7 cm³/mol. The second-order valence-electron chi connectivity index (χ2n) is 3.70. The lowest BCUT2D eigenvalue weighted by atomic mass is 10.2. The fourth-order valence-corrected chi connectivity index (χ4v) is 1.70. The summed E-state index contributed by atoms with van der Waals surface area (Å²) in [5.41, 5.74) is 0.712. The minimum absolute atomic E-state index is 0.323. The molecule has 2 aromatic rings. The summed E-state index contributed by atoms with van der Waals surface area (Å²) in [5, 5.41) is 0.807. The Morgan fingerprint density at radius 1 is 1.28 bits per heavy atom. The molecule has 1 aromatic heterocycles. The van der Waals surface area contributed by atoms with Crippen molar-refractivity contribution in [2.45, 2.75) is 13.8 Å². The summed E-state index contributed by atoms with van der Waals surface area (Å²) in [5.74, 6) is 0.0794. The minimum Gasteiger partial charge on any atom is -0.449 e. The third kappa shape index (κ3) is 2.34. The molecule has 0 N–H and O–H groups in total. The molecule has 5 heteroatoms. The molecular formula is C13H13NO4. The molecule has 0 fully saturated rings. The lowest BCUT2D eigenvalue weighted by Crippen LogP contribution is -2.11. The van der Waals surface area contributed by atoms with E-state index in [0.29, 0.717) is 17.9 Å². The summed E-state index contributed by atoms with van der Waals surface area (Å²) >= 11 is 0. The summed E-state index contributed by atoms with van der Waals surface area (Å²) in [4.78, 5) is 22.5. The average Bonchev–Trinajstić information content (AvgIpc) is 2.71. The van der Waals surface area contributed by atoms with Crippen molar-refractivity contribution in [1.82, 2.24) is 4.57 Å². The molecule has 0 aliphatic carbocycles. The highest BCUT2D eigenvalue weighted by atomic mass is 16.5. The maximum Gasteiger partial charge on any atom is 0.418 e. The normalized spacial score (nSPS) is 10.3. The number of esters is 1. The zero-order valence-electron chi connectivity index (χ0n) is 10.2. The van der Waals surface area contributed by atoms with E-state index in [9.17, 15) is 9.59 Å². The van der Waals surface area contributed by atoms with Crippen LogP contribution in [0.5, 0.6) is 5.75 Å². The van der Waals surface area contributed by atoms with Gasteiger partial charge in [0.2, 0.25) is 0 Å². The first-order valence-electron chi connectivity index (χ1n) is 5.58. The predicted octanol–water partition coefficient (Wildman–Crippen LogP) is 2.57. The number of rotatable bonds is 2. The van der Waals surface area contributed by atoms with E-state index in [4.69, 9.17) is 9.47 Å². The summed E-state index contributed by atoms with van der Waals surface area (Å²) in [7, 11) is 0. The lowest BCUT2D eigenvalue weighted by Gasteiger charge is -2.05. The van der Waals surface area contributed by atoms with Crippen molar-refractivity contribution in [3.8, 4) is 5.75 Å². The first-order valence-corrected chi connectivity index (χ1v) is 5.58. The first-order chi connectivity index (χ1) is 8.61. The maximum atomic E-state index is 11.6. The Labute approximate surface area is 104 Å². The zero-order chi connectivity index (χ0) is 13.1. The van der Waals surface area contributed by atoms with Crippen LogP contribution in [-0.4, -0.2) is 23.2 Å². The molecule has 0 radical (unpaired) electrons. The summed E-state index contributed by atoms with van der Waals surface area (Å²) < 4.78 is 11.3. The van der Waals surface area contributed by atoms with Crippen molar-refractivity contribution >= 4 is 23.0 Å². The van der Waals surface area contributed by atoms with Crippen LogP contribution in [0.3, 0.4) is 0 Å². The molecule has 0 aliphatic rings. The number of aromatic nitrogens is 1. The number of nitrogens with zero attached hydrogens (tertiary/aromatic N) is 1. The molecule has 0 bridgehead atoms. The third-order valence-electron chi connectivity index (χ3n) is 2.39. The topological polar surface area (TPSA) is 57.5 Å². The fraction of sp³-hybridized carbons (Fsp3) is 0.231. The van der Waals surface area contributed by atoms with E-state index in [1.54, 1.807) is 37.4 Å². The van der Waals surface area contributed by atoms with E-state index in [1.807, 2.05) is 0 Å². The molecule has 0 amide bonds. The van der Waals surface area contributed by atoms with Gasteiger partial charge < -0.3 is 9.47 Å². The molecule has 0 spiro atoms. The van der Waals surface area contributed by atoms with Gasteiger partial charge in [-0.2, -0.15) is 0 Å². The number of fused-ring (bicyclic) bond motifs is 1. The second-order valence-corrected chi connectivity index (χ2v) is 3.70. The van der Waals surface area contributed by atoms with E-state index in [2.05, 4.69) is 0 Å². The number of ether oxygens (including phenoxy) is 2. The Balaban J connectivity index is 2.37. The summed E-state index contributed by atoms with van der Waals surface area (Å²) in [6.07, 6.45) is 1.20. The first kappa shape index (κ1) is 12.2. The quantitative estimate of drug-likeness (QED) is 0.604. The highest BCUT2D eigenvalue weighted by Crippen LogP contribution is 2.22. The Kier molecular flexibility index (Phi) is 3.32. The molecular weight excluding hydrogens is 234 g/mol. The van der Waals surface area contributed by atoms with E-state index in [-0.39, 0.29) is 5.97 Å². The van der Waals surface area contributed by atoms with Crippen LogP contribution in [0, 0.1) is 0 Å². The lowest BCUT2D eigenvalue weighted by molar-refractivity contribution is -0.131. The van der Waals surface area contributed by atoms with Gasteiger partial charge in [0.25, 0.3) is 0 Å². The molecule has 0 saturated heterocycles. The molecule has 94 valence electrons. The van der Waals surface area contributed by atoms with Crippen LogP contribution >= 0.6 is 0 Å². The van der Waals surface area contributed by atoms with Crippen molar-refractivity contribution in [3.05, 3.63) is 30.5 Å². The molecule has 1 heterocycles. The number of carbonyl (C=O) groups is 2. The van der Waals surface area contributed by atoms with Crippen LogP contribution in [-0.2, 0) is 9.53 Å². The minimum atomic E-state index is -0.423. The zero-order valence-corrected chi connectivity index (χ0v) is 10.2. The Bertz CT molecular complexity index is 600. The molecule has 0 atom stereocenters. The monoisotopic (exact) mass is 247 g/mol. The van der Waals surface area contributed by atoms with E-state index in [0.717, 1.165) is 5.39 Å². The molecule has 0 aliphatic heterocycles. The molecule has 5 nitrogen and oxygen atoms in total. The second kappa shape index (κ2) is 4.91. The van der Waals surface area contributed by atoms with Gasteiger partial charge in [0, 0.05) is 18.5 Å². The van der Waals surface area contributed by atoms with E-state index >= 15 is 0 Å². The molecule has 1 aromatic carbocycles. The maximum absolute atomic E-state index is 11.6. The van der Waals surface area contributed by atoms with Crippen LogP contribution in [0.25, 0.3) is 10.9 Å². The number of benzene rings is 1. The molecule has 0 unspecified atom stereocenters. The Morgan fingerprint density at radius 3 is 2.72 bits per heavy atom. The summed E-state index contributed by atoms with van der Waals surface area (Å²) in [6.45, 7) is 3.42. The van der Waals surface area contributed by atoms with Crippen LogP contribution in [0.2, 0.25) is 0 Å². The number of hydrogen-bond acceptors (Lipinski definition) is 4. The van der Waals surface area contributed by atoms with Crippen molar-refractivity contribution < 1.29 is 19.1 Å². The standard InChI is InChI=1S/C13H13NO4/c1-3-17-13(16)14-7-6-10-8-11(18-9(2)15)4-5-12(10)14/h4-8H,3H2,1-2H3. The van der Waals surface area contributed by atoms with Crippen LogP contribution in [0.4, 0.5) is 4.79 Å². The Hall–Kier alpha value is -2.30. The SMILES string of the molecule is CCOC(=O)n1ccc2cc(OC(C)=O)ccc21.